The molecule has 1 rings (SSSR count). The van der Waals surface area contributed by atoms with Crippen LogP contribution in [0.15, 0.2) is 12.3 Å². The lowest BCUT2D eigenvalue weighted by molar-refractivity contribution is 0.101. The number of carbonyl (C=O) groups is 1. The van der Waals surface area contributed by atoms with Crippen LogP contribution in [-0.2, 0) is 0 Å². The quantitative estimate of drug-likeness (QED) is 0.460. The van der Waals surface area contributed by atoms with Crippen molar-refractivity contribution in [1.82, 2.24) is 4.98 Å². The van der Waals surface area contributed by atoms with E-state index in [1.165, 1.54) is 6.92 Å². The summed E-state index contributed by atoms with van der Waals surface area (Å²) in [6, 6.07) is 1.64. The summed E-state index contributed by atoms with van der Waals surface area (Å²) in [5.41, 5.74) is 2.08. The minimum Gasteiger partial charge on any atom is -0.293 e. The van der Waals surface area contributed by atoms with Crippen molar-refractivity contribution in [2.24, 2.45) is 0 Å². The number of hydrogen-bond acceptors (Lipinski definition) is 2. The summed E-state index contributed by atoms with van der Waals surface area (Å²) in [7, 11) is 0. The molecule has 1 aromatic rings. The van der Waals surface area contributed by atoms with Crippen LogP contribution in [0.4, 0.5) is 0 Å². The van der Waals surface area contributed by atoms with Crippen LogP contribution in [0.25, 0.3) is 0 Å². The van der Waals surface area contributed by atoms with Gasteiger partial charge in [-0.2, -0.15) is 0 Å². The van der Waals surface area contributed by atoms with Crippen molar-refractivity contribution in [3.8, 4) is 12.3 Å². The number of Topliss-reactive ketones (excluding diaryl/α,β-unsaturated/α-hetero) is 1. The maximum Gasteiger partial charge on any atom is 0.178 e. The molecule has 0 aliphatic rings. The molecule has 1 heterocycles. The minimum absolute atomic E-state index is 0.0634. The number of ketones is 1. The smallest absolute Gasteiger partial charge is 0.178 e. The fourth-order valence-electron chi connectivity index (χ4n) is 0.872. The highest BCUT2D eigenvalue weighted by atomic mass is 16.1. The first-order valence-electron chi connectivity index (χ1n) is 3.59. The van der Waals surface area contributed by atoms with Gasteiger partial charge in [0, 0.05) is 18.7 Å². The highest BCUT2D eigenvalue weighted by Gasteiger charge is 2.02. The first kappa shape index (κ1) is 8.48. The summed E-state index contributed by atoms with van der Waals surface area (Å²) >= 11 is 0. The van der Waals surface area contributed by atoms with Crippen LogP contribution < -0.4 is 0 Å². The van der Waals surface area contributed by atoms with Gasteiger partial charge >= 0.3 is 0 Å². The third kappa shape index (κ3) is 1.51. The normalized spacial score (nSPS) is 9.08. The summed E-state index contributed by atoms with van der Waals surface area (Å²) in [5.74, 6) is 2.43. The van der Waals surface area contributed by atoms with E-state index < -0.39 is 0 Å². The number of pyridine rings is 1. The lowest BCUT2D eigenvalue weighted by Crippen LogP contribution is -1.98. The second-order valence-corrected chi connectivity index (χ2v) is 2.58. The number of aromatic nitrogens is 1. The molecule has 60 valence electrons. The zero-order valence-corrected chi connectivity index (χ0v) is 7.09. The zero-order valence-electron chi connectivity index (χ0n) is 7.09. The van der Waals surface area contributed by atoms with Gasteiger partial charge in [-0.1, -0.05) is 5.92 Å². The Balaban J connectivity index is 3.25. The van der Waals surface area contributed by atoms with Crippen molar-refractivity contribution >= 4 is 5.78 Å². The molecule has 0 spiro atoms. The number of carbonyl (C=O) groups excluding carboxylic acids is 1. The van der Waals surface area contributed by atoms with E-state index in [9.17, 15) is 4.79 Å². The molecule has 0 aliphatic heterocycles. The molecule has 0 N–H and O–H groups in total. The molecule has 0 fully saturated rings. The van der Waals surface area contributed by atoms with E-state index >= 15 is 0 Å². The third-order valence-corrected chi connectivity index (χ3v) is 1.62. The number of hydrogen-bond donors (Lipinski definition) is 0. The third-order valence-electron chi connectivity index (χ3n) is 1.62. The fourth-order valence-corrected chi connectivity index (χ4v) is 0.872. The van der Waals surface area contributed by atoms with Crippen LogP contribution in [0.3, 0.4) is 0 Å². The minimum atomic E-state index is -0.0634. The van der Waals surface area contributed by atoms with Crippen LogP contribution in [0.1, 0.15) is 28.5 Å². The maximum atomic E-state index is 10.9. The van der Waals surface area contributed by atoms with Gasteiger partial charge in [-0.25, -0.2) is 0 Å². The molecule has 0 amide bonds. The monoisotopic (exact) mass is 159 g/mol. The first-order chi connectivity index (χ1) is 5.65. The summed E-state index contributed by atoms with van der Waals surface area (Å²) < 4.78 is 0. The second-order valence-electron chi connectivity index (χ2n) is 2.58. The molecule has 12 heavy (non-hydrogen) atoms. The highest BCUT2D eigenvalue weighted by molar-refractivity contribution is 5.92. The Kier molecular flexibility index (Phi) is 2.25. The molecule has 0 aromatic carbocycles. The molecule has 1 aromatic heterocycles. The summed E-state index contributed by atoms with van der Waals surface area (Å²) in [4.78, 5) is 14.8. The number of terminal acetylenes is 1. The molecular weight excluding hydrogens is 150 g/mol. The van der Waals surface area contributed by atoms with E-state index in [4.69, 9.17) is 6.42 Å². The van der Waals surface area contributed by atoms with Gasteiger partial charge in [0.1, 0.15) is 5.69 Å². The molecule has 0 bridgehead atoms. The lowest BCUT2D eigenvalue weighted by atomic mass is 10.1. The molecular formula is C10H9NO. The van der Waals surface area contributed by atoms with Crippen LogP contribution in [0.2, 0.25) is 0 Å². The largest absolute Gasteiger partial charge is 0.293 e. The van der Waals surface area contributed by atoms with Crippen molar-refractivity contribution in [3.05, 3.63) is 29.1 Å². The summed E-state index contributed by atoms with van der Waals surface area (Å²) in [6.45, 7) is 3.34. The summed E-state index contributed by atoms with van der Waals surface area (Å²) in [5, 5.41) is 0. The number of aryl methyl sites for hydroxylation is 1. The topological polar surface area (TPSA) is 30.0 Å². The van der Waals surface area contributed by atoms with Gasteiger partial charge in [-0.05, 0) is 18.6 Å². The molecule has 0 aliphatic carbocycles. The predicted octanol–water partition coefficient (Wildman–Crippen LogP) is 1.57. The molecule has 2 heteroatoms. The van der Waals surface area contributed by atoms with E-state index in [-0.39, 0.29) is 5.78 Å². The Labute approximate surface area is 71.6 Å². The Morgan fingerprint density at radius 2 is 2.33 bits per heavy atom. The van der Waals surface area contributed by atoms with Crippen molar-refractivity contribution in [1.29, 1.82) is 0 Å². The van der Waals surface area contributed by atoms with E-state index in [2.05, 4.69) is 10.9 Å². The van der Waals surface area contributed by atoms with E-state index in [0.717, 1.165) is 11.1 Å². The Morgan fingerprint density at radius 3 is 2.83 bits per heavy atom. The van der Waals surface area contributed by atoms with Gasteiger partial charge < -0.3 is 0 Å². The average molecular weight is 159 g/mol. The number of rotatable bonds is 1. The maximum absolute atomic E-state index is 10.9. The SMILES string of the molecule is C#Cc1cc(C(C)=O)ncc1C. The number of nitrogens with zero attached hydrogens (tertiary/aromatic N) is 1. The molecule has 0 unspecified atom stereocenters. The van der Waals surface area contributed by atoms with Crippen molar-refractivity contribution in [2.45, 2.75) is 13.8 Å². The van der Waals surface area contributed by atoms with Gasteiger partial charge in [0.2, 0.25) is 0 Å². The molecule has 0 atom stereocenters. The van der Waals surface area contributed by atoms with E-state index in [0.29, 0.717) is 5.69 Å². The fraction of sp³-hybridized carbons (Fsp3) is 0.200. The summed E-state index contributed by atoms with van der Waals surface area (Å²) in [6.07, 6.45) is 6.85. The molecule has 0 radical (unpaired) electrons. The first-order valence-corrected chi connectivity index (χ1v) is 3.59. The van der Waals surface area contributed by atoms with Gasteiger partial charge in [-0.15, -0.1) is 6.42 Å². The van der Waals surface area contributed by atoms with Crippen molar-refractivity contribution < 1.29 is 4.79 Å². The zero-order chi connectivity index (χ0) is 9.14. The van der Waals surface area contributed by atoms with Gasteiger partial charge in [0.15, 0.2) is 5.78 Å². The second kappa shape index (κ2) is 3.19. The Hall–Kier alpha value is -1.62. The average Bonchev–Trinajstić information content (AvgIpc) is 2.05. The highest BCUT2D eigenvalue weighted by Crippen LogP contribution is 2.06. The van der Waals surface area contributed by atoms with Crippen molar-refractivity contribution in [2.75, 3.05) is 0 Å². The van der Waals surface area contributed by atoms with Gasteiger partial charge in [0.25, 0.3) is 0 Å². The Morgan fingerprint density at radius 1 is 1.67 bits per heavy atom. The van der Waals surface area contributed by atoms with Crippen LogP contribution in [0.5, 0.6) is 0 Å². The van der Waals surface area contributed by atoms with Gasteiger partial charge in [-0.3, -0.25) is 9.78 Å². The molecule has 0 saturated heterocycles. The van der Waals surface area contributed by atoms with Crippen molar-refractivity contribution in [3.63, 3.8) is 0 Å². The van der Waals surface area contributed by atoms with E-state index in [1.807, 2.05) is 6.92 Å². The van der Waals surface area contributed by atoms with Crippen LogP contribution in [-0.4, -0.2) is 10.8 Å². The molecule has 2 nitrogen and oxygen atoms in total. The lowest BCUT2D eigenvalue weighted by Gasteiger charge is -1.98. The Bertz CT molecular complexity index is 361. The van der Waals surface area contributed by atoms with E-state index in [1.54, 1.807) is 12.3 Å². The molecule has 0 saturated carbocycles. The van der Waals surface area contributed by atoms with Crippen LogP contribution in [0, 0.1) is 19.3 Å². The van der Waals surface area contributed by atoms with Gasteiger partial charge in [0.05, 0.1) is 0 Å². The standard InChI is InChI=1S/C10H9NO/c1-4-9-5-10(8(3)12)11-6-7(9)2/h1,5-6H,2-3H3. The van der Waals surface area contributed by atoms with Crippen LogP contribution >= 0.6 is 0 Å². The predicted molar refractivity (Wildman–Crippen MR) is 46.9 cm³/mol.